The first kappa shape index (κ1) is 15.6. The average Bonchev–Trinajstić information content (AvgIpc) is 2.45. The van der Waals surface area contributed by atoms with Crippen molar-refractivity contribution < 1.29 is 14.4 Å². The van der Waals surface area contributed by atoms with Crippen LogP contribution < -0.4 is 9.47 Å². The van der Waals surface area contributed by atoms with Crippen molar-refractivity contribution >= 4 is 33.2 Å². The quantitative estimate of drug-likeness (QED) is 0.426. The number of benzene rings is 2. The lowest BCUT2D eigenvalue weighted by Gasteiger charge is -2.09. The number of nitro benzene ring substituents is 1. The molecule has 0 saturated heterocycles. The van der Waals surface area contributed by atoms with Gasteiger partial charge >= 0.3 is 0 Å². The zero-order chi connectivity index (χ0) is 15.2. The summed E-state index contributed by atoms with van der Waals surface area (Å²) in [6.45, 7) is 0.531. The first-order valence-corrected chi connectivity index (χ1v) is 7.18. The van der Waals surface area contributed by atoms with Gasteiger partial charge in [-0.15, -0.1) is 0 Å². The molecule has 0 radical (unpaired) electrons. The fourth-order valence-corrected chi connectivity index (χ4v) is 2.13. The van der Waals surface area contributed by atoms with Crippen LogP contribution in [0.2, 0.25) is 5.02 Å². The zero-order valence-corrected chi connectivity index (χ0v) is 13.1. The summed E-state index contributed by atoms with van der Waals surface area (Å²) in [7, 11) is 0. The van der Waals surface area contributed by atoms with Crippen molar-refractivity contribution in [2.75, 3.05) is 13.2 Å². The van der Waals surface area contributed by atoms with E-state index >= 15 is 0 Å². The van der Waals surface area contributed by atoms with Gasteiger partial charge in [0.25, 0.3) is 5.69 Å². The Morgan fingerprint density at radius 1 is 1.14 bits per heavy atom. The lowest BCUT2D eigenvalue weighted by molar-refractivity contribution is -0.384. The van der Waals surface area contributed by atoms with Gasteiger partial charge in [0, 0.05) is 10.5 Å². The summed E-state index contributed by atoms with van der Waals surface area (Å²) in [4.78, 5) is 10.2. The molecule has 0 aliphatic carbocycles. The van der Waals surface area contributed by atoms with Crippen molar-refractivity contribution in [1.29, 1.82) is 0 Å². The second kappa shape index (κ2) is 7.28. The number of hydrogen-bond acceptors (Lipinski definition) is 4. The Kier molecular flexibility index (Phi) is 5.41. The van der Waals surface area contributed by atoms with Crippen LogP contribution >= 0.6 is 27.5 Å². The van der Waals surface area contributed by atoms with Gasteiger partial charge in [0.1, 0.15) is 24.7 Å². The summed E-state index contributed by atoms with van der Waals surface area (Å²) in [5, 5.41) is 11.0. The highest BCUT2D eigenvalue weighted by Crippen LogP contribution is 2.28. The minimum atomic E-state index is -0.499. The minimum Gasteiger partial charge on any atom is -0.490 e. The molecule has 0 heterocycles. The predicted octanol–water partition coefficient (Wildman–Crippen LogP) is 4.47. The highest BCUT2D eigenvalue weighted by atomic mass is 79.9. The smallest absolute Gasteiger partial charge is 0.273 e. The van der Waals surface area contributed by atoms with E-state index in [1.165, 1.54) is 18.2 Å². The highest BCUT2D eigenvalue weighted by molar-refractivity contribution is 9.10. The lowest BCUT2D eigenvalue weighted by Crippen LogP contribution is -2.09. The maximum Gasteiger partial charge on any atom is 0.273 e. The predicted molar refractivity (Wildman–Crippen MR) is 83.2 cm³/mol. The average molecular weight is 373 g/mol. The van der Waals surface area contributed by atoms with E-state index in [1.807, 2.05) is 24.3 Å². The van der Waals surface area contributed by atoms with E-state index in [-0.39, 0.29) is 18.0 Å². The van der Waals surface area contributed by atoms with Crippen LogP contribution in [0, 0.1) is 10.1 Å². The van der Waals surface area contributed by atoms with Gasteiger partial charge in [-0.05, 0) is 24.3 Å². The summed E-state index contributed by atoms with van der Waals surface area (Å²) in [6.07, 6.45) is 0. The maximum atomic E-state index is 10.7. The topological polar surface area (TPSA) is 61.6 Å². The third-order valence-corrected chi connectivity index (χ3v) is 3.34. The van der Waals surface area contributed by atoms with Crippen LogP contribution in [0.1, 0.15) is 0 Å². The normalized spacial score (nSPS) is 10.2. The summed E-state index contributed by atoms with van der Waals surface area (Å²) in [5.41, 5.74) is -0.0673. The van der Waals surface area contributed by atoms with Gasteiger partial charge in [-0.1, -0.05) is 33.6 Å². The SMILES string of the molecule is O=[N+]([O-])c1ccc(Cl)c(OCCOc2cccc(Br)c2)c1. The Hall–Kier alpha value is -1.79. The molecule has 2 aromatic rings. The molecule has 5 nitrogen and oxygen atoms in total. The van der Waals surface area contributed by atoms with Crippen LogP contribution in [-0.4, -0.2) is 18.1 Å². The van der Waals surface area contributed by atoms with Crippen molar-refractivity contribution in [3.63, 3.8) is 0 Å². The molecule has 110 valence electrons. The first-order chi connectivity index (χ1) is 10.1. The molecule has 0 fully saturated rings. The van der Waals surface area contributed by atoms with Gasteiger partial charge in [0.05, 0.1) is 16.0 Å². The molecule has 0 amide bonds. The molecule has 0 aliphatic rings. The Labute approximate surface area is 134 Å². The maximum absolute atomic E-state index is 10.7. The van der Waals surface area contributed by atoms with E-state index in [0.717, 1.165) is 4.47 Å². The van der Waals surface area contributed by atoms with Gasteiger partial charge in [0.15, 0.2) is 0 Å². The third kappa shape index (κ3) is 4.61. The molecule has 0 N–H and O–H groups in total. The number of hydrogen-bond donors (Lipinski definition) is 0. The molecule has 2 aromatic carbocycles. The van der Waals surface area contributed by atoms with Crippen molar-refractivity contribution in [3.05, 3.63) is 62.1 Å². The third-order valence-electron chi connectivity index (χ3n) is 2.53. The summed E-state index contributed by atoms with van der Waals surface area (Å²) >= 11 is 9.27. The molecule has 0 saturated carbocycles. The summed E-state index contributed by atoms with van der Waals surface area (Å²) in [5.74, 6) is 0.974. The van der Waals surface area contributed by atoms with Crippen molar-refractivity contribution in [2.45, 2.75) is 0 Å². The van der Waals surface area contributed by atoms with Crippen LogP contribution in [0.15, 0.2) is 46.9 Å². The number of non-ortho nitro benzene ring substituents is 1. The molecule has 2 rings (SSSR count). The molecular weight excluding hydrogens is 362 g/mol. The van der Waals surface area contributed by atoms with E-state index in [2.05, 4.69) is 15.9 Å². The van der Waals surface area contributed by atoms with Crippen LogP contribution in [0.25, 0.3) is 0 Å². The molecule has 0 aliphatic heterocycles. The molecule has 7 heteroatoms. The molecule has 21 heavy (non-hydrogen) atoms. The van der Waals surface area contributed by atoms with E-state index < -0.39 is 4.92 Å². The summed E-state index contributed by atoms with van der Waals surface area (Å²) in [6, 6.07) is 11.5. The second-order valence-electron chi connectivity index (χ2n) is 4.03. The monoisotopic (exact) mass is 371 g/mol. The van der Waals surface area contributed by atoms with Crippen molar-refractivity contribution in [2.24, 2.45) is 0 Å². The molecule has 0 bridgehead atoms. The van der Waals surface area contributed by atoms with Crippen LogP contribution in [0.3, 0.4) is 0 Å². The molecular formula is C14H11BrClNO4. The van der Waals surface area contributed by atoms with E-state index in [4.69, 9.17) is 21.1 Å². The van der Waals surface area contributed by atoms with Crippen LogP contribution in [0.5, 0.6) is 11.5 Å². The van der Waals surface area contributed by atoms with Gasteiger partial charge in [-0.3, -0.25) is 10.1 Å². The van der Waals surface area contributed by atoms with Crippen LogP contribution in [-0.2, 0) is 0 Å². The van der Waals surface area contributed by atoms with Gasteiger partial charge in [-0.2, -0.15) is 0 Å². The fraction of sp³-hybridized carbons (Fsp3) is 0.143. The summed E-state index contributed by atoms with van der Waals surface area (Å²) < 4.78 is 11.8. The lowest BCUT2D eigenvalue weighted by atomic mass is 10.3. The Balaban J connectivity index is 1.88. The van der Waals surface area contributed by atoms with Crippen molar-refractivity contribution in [3.8, 4) is 11.5 Å². The second-order valence-corrected chi connectivity index (χ2v) is 5.35. The molecule has 0 spiro atoms. The molecule has 0 atom stereocenters. The number of nitrogens with zero attached hydrogens (tertiary/aromatic N) is 1. The standard InChI is InChI=1S/C14H11BrClNO4/c15-10-2-1-3-12(8-10)20-6-7-21-14-9-11(17(18)19)4-5-13(14)16/h1-5,8-9H,6-7H2. The van der Waals surface area contributed by atoms with E-state index in [1.54, 1.807) is 0 Å². The number of halogens is 2. The first-order valence-electron chi connectivity index (χ1n) is 6.01. The van der Waals surface area contributed by atoms with Gasteiger partial charge in [0.2, 0.25) is 0 Å². The molecule has 0 aromatic heterocycles. The fourth-order valence-electron chi connectivity index (χ4n) is 1.58. The Morgan fingerprint density at radius 2 is 1.90 bits per heavy atom. The Morgan fingerprint density at radius 3 is 2.62 bits per heavy atom. The minimum absolute atomic E-state index is 0.0673. The zero-order valence-electron chi connectivity index (χ0n) is 10.8. The van der Waals surface area contributed by atoms with Crippen LogP contribution in [0.4, 0.5) is 5.69 Å². The van der Waals surface area contributed by atoms with Gasteiger partial charge in [-0.25, -0.2) is 0 Å². The largest absolute Gasteiger partial charge is 0.490 e. The number of rotatable bonds is 6. The number of ether oxygens (including phenoxy) is 2. The van der Waals surface area contributed by atoms with E-state index in [0.29, 0.717) is 17.4 Å². The Bertz CT molecular complexity index is 651. The van der Waals surface area contributed by atoms with E-state index in [9.17, 15) is 10.1 Å². The molecule has 0 unspecified atom stereocenters. The number of nitro groups is 1. The van der Waals surface area contributed by atoms with Crippen molar-refractivity contribution in [1.82, 2.24) is 0 Å². The van der Waals surface area contributed by atoms with Gasteiger partial charge < -0.3 is 9.47 Å². The highest BCUT2D eigenvalue weighted by Gasteiger charge is 2.10.